The van der Waals surface area contributed by atoms with Crippen molar-refractivity contribution in [2.45, 2.75) is 53.2 Å². The number of aromatic nitrogens is 1. The fourth-order valence-corrected chi connectivity index (χ4v) is 3.05. The third-order valence-corrected chi connectivity index (χ3v) is 4.91. The fourth-order valence-electron chi connectivity index (χ4n) is 2.72. The van der Waals surface area contributed by atoms with Gasteiger partial charge in [-0.25, -0.2) is 0 Å². The maximum absolute atomic E-state index is 13.0. The molecule has 4 nitrogen and oxygen atoms in total. The lowest BCUT2D eigenvalue weighted by molar-refractivity contribution is 0.247. The molecule has 25 heavy (non-hydrogen) atoms. The van der Waals surface area contributed by atoms with Gasteiger partial charge in [-0.15, -0.1) is 0 Å². The van der Waals surface area contributed by atoms with Gasteiger partial charge in [-0.1, -0.05) is 50.4 Å². The quantitative estimate of drug-likeness (QED) is 0.648. The van der Waals surface area contributed by atoms with Gasteiger partial charge in [0.1, 0.15) is 5.75 Å². The molecule has 0 atom stereocenters. The Morgan fingerprint density at radius 3 is 2.40 bits per heavy atom. The molecule has 0 aliphatic rings. The molecule has 1 N–H and O–H groups in total. The van der Waals surface area contributed by atoms with Gasteiger partial charge in [0.05, 0.1) is 34.3 Å². The highest BCUT2D eigenvalue weighted by atomic mass is 35.5. The molecule has 1 heterocycles. The highest BCUT2D eigenvalue weighted by Crippen LogP contribution is 2.34. The summed E-state index contributed by atoms with van der Waals surface area (Å²) in [6.07, 6.45) is 2.71. The van der Waals surface area contributed by atoms with Crippen molar-refractivity contribution in [2.24, 2.45) is 5.92 Å². The third kappa shape index (κ3) is 4.49. The molecule has 138 valence electrons. The summed E-state index contributed by atoms with van der Waals surface area (Å²) in [6, 6.07) is 3.23. The van der Waals surface area contributed by atoms with E-state index in [0.29, 0.717) is 51.3 Å². The summed E-state index contributed by atoms with van der Waals surface area (Å²) in [7, 11) is 0. The zero-order chi connectivity index (χ0) is 18.6. The number of nitrogens with zero attached hydrogens (tertiary/aromatic N) is 1. The second kappa shape index (κ2) is 8.93. The van der Waals surface area contributed by atoms with Crippen LogP contribution in [0.25, 0.3) is 10.8 Å². The average molecular weight is 386 g/mol. The molecule has 0 aliphatic carbocycles. The summed E-state index contributed by atoms with van der Waals surface area (Å²) in [4.78, 5) is 13.0. The van der Waals surface area contributed by atoms with Crippen LogP contribution in [0.3, 0.4) is 0 Å². The molecule has 0 aliphatic heterocycles. The molecule has 0 bridgehead atoms. The van der Waals surface area contributed by atoms with Gasteiger partial charge in [-0.3, -0.25) is 4.79 Å². The molecule has 0 saturated carbocycles. The SMILES string of the molecule is CCCCOc1c(CO)n(CCC(C)C)c(=O)c2cc(Cl)c(Cl)cc12. The van der Waals surface area contributed by atoms with E-state index in [1.165, 1.54) is 0 Å². The van der Waals surface area contributed by atoms with Crippen LogP contribution in [-0.4, -0.2) is 16.3 Å². The van der Waals surface area contributed by atoms with Gasteiger partial charge < -0.3 is 14.4 Å². The second-order valence-corrected chi connectivity index (χ2v) is 7.40. The zero-order valence-electron chi connectivity index (χ0n) is 14.9. The molecule has 1 aromatic carbocycles. The van der Waals surface area contributed by atoms with Crippen LogP contribution in [0.2, 0.25) is 10.0 Å². The van der Waals surface area contributed by atoms with E-state index < -0.39 is 0 Å². The maximum Gasteiger partial charge on any atom is 0.259 e. The van der Waals surface area contributed by atoms with Crippen LogP contribution in [-0.2, 0) is 13.2 Å². The second-order valence-electron chi connectivity index (χ2n) is 6.59. The maximum atomic E-state index is 13.0. The van der Waals surface area contributed by atoms with E-state index in [0.717, 1.165) is 19.3 Å². The van der Waals surface area contributed by atoms with Gasteiger partial charge >= 0.3 is 0 Å². The molecule has 6 heteroatoms. The number of fused-ring (bicyclic) bond motifs is 1. The zero-order valence-corrected chi connectivity index (χ0v) is 16.5. The Morgan fingerprint density at radius 1 is 1.20 bits per heavy atom. The first kappa shape index (κ1) is 20.1. The summed E-state index contributed by atoms with van der Waals surface area (Å²) in [5, 5.41) is 11.7. The normalized spacial score (nSPS) is 11.5. The van der Waals surface area contributed by atoms with Crippen molar-refractivity contribution in [1.82, 2.24) is 4.57 Å². The minimum Gasteiger partial charge on any atom is -0.491 e. The third-order valence-electron chi connectivity index (χ3n) is 4.19. The van der Waals surface area contributed by atoms with E-state index in [4.69, 9.17) is 27.9 Å². The molecular formula is C19H25Cl2NO3. The lowest BCUT2D eigenvalue weighted by Gasteiger charge is -2.20. The van der Waals surface area contributed by atoms with Gasteiger partial charge in [0.15, 0.2) is 0 Å². The van der Waals surface area contributed by atoms with Gasteiger partial charge in [0, 0.05) is 11.9 Å². The average Bonchev–Trinajstić information content (AvgIpc) is 2.57. The summed E-state index contributed by atoms with van der Waals surface area (Å²) in [6.45, 7) is 7.04. The number of unbranched alkanes of at least 4 members (excludes halogenated alkanes) is 1. The van der Waals surface area contributed by atoms with Crippen LogP contribution in [0.5, 0.6) is 5.75 Å². The minimum atomic E-state index is -0.273. The van der Waals surface area contributed by atoms with Crippen LogP contribution >= 0.6 is 23.2 Å². The predicted molar refractivity (Wildman–Crippen MR) is 104 cm³/mol. The highest BCUT2D eigenvalue weighted by Gasteiger charge is 2.19. The van der Waals surface area contributed by atoms with Gasteiger partial charge in [-0.2, -0.15) is 0 Å². The number of hydrogen-bond acceptors (Lipinski definition) is 3. The van der Waals surface area contributed by atoms with Crippen molar-refractivity contribution in [2.75, 3.05) is 6.61 Å². The first-order valence-corrected chi connectivity index (χ1v) is 9.44. The number of benzene rings is 1. The van der Waals surface area contributed by atoms with E-state index in [-0.39, 0.29) is 12.2 Å². The molecule has 2 rings (SSSR count). The van der Waals surface area contributed by atoms with E-state index in [2.05, 4.69) is 20.8 Å². The van der Waals surface area contributed by atoms with E-state index >= 15 is 0 Å². The number of halogens is 2. The predicted octanol–water partition coefficient (Wildman–Crippen LogP) is 5.03. The number of aliphatic hydroxyl groups excluding tert-OH is 1. The Morgan fingerprint density at radius 2 is 1.84 bits per heavy atom. The monoisotopic (exact) mass is 385 g/mol. The first-order valence-electron chi connectivity index (χ1n) is 8.68. The molecule has 1 aromatic heterocycles. The molecule has 0 fully saturated rings. The number of ether oxygens (including phenoxy) is 1. The molecule has 0 saturated heterocycles. The topological polar surface area (TPSA) is 51.5 Å². The molecule has 2 aromatic rings. The van der Waals surface area contributed by atoms with Gasteiger partial charge in [-0.05, 0) is 30.9 Å². The van der Waals surface area contributed by atoms with Crippen LogP contribution in [0.1, 0.15) is 45.7 Å². The standard InChI is InChI=1S/C19H25Cl2NO3/c1-4-5-8-25-18-13-9-15(20)16(21)10-14(13)19(24)22(17(18)11-23)7-6-12(2)3/h9-10,12,23H,4-8,11H2,1-3H3. The van der Waals surface area contributed by atoms with Crippen LogP contribution in [0, 0.1) is 5.92 Å². The number of aliphatic hydroxyl groups is 1. The Bertz CT molecular complexity index is 800. The van der Waals surface area contributed by atoms with Crippen LogP contribution < -0.4 is 10.3 Å². The largest absolute Gasteiger partial charge is 0.491 e. The van der Waals surface area contributed by atoms with Gasteiger partial charge in [0.2, 0.25) is 0 Å². The highest BCUT2D eigenvalue weighted by molar-refractivity contribution is 6.42. The molecule has 0 spiro atoms. The van der Waals surface area contributed by atoms with E-state index in [1.54, 1.807) is 16.7 Å². The van der Waals surface area contributed by atoms with Crippen molar-refractivity contribution in [3.05, 3.63) is 38.2 Å². The molecular weight excluding hydrogens is 361 g/mol. The Balaban J connectivity index is 2.71. The summed E-state index contributed by atoms with van der Waals surface area (Å²) in [5.74, 6) is 0.959. The Kier molecular flexibility index (Phi) is 7.17. The van der Waals surface area contributed by atoms with Crippen molar-refractivity contribution in [1.29, 1.82) is 0 Å². The fraction of sp³-hybridized carbons (Fsp3) is 0.526. The molecule has 0 amide bonds. The van der Waals surface area contributed by atoms with Crippen LogP contribution in [0.4, 0.5) is 0 Å². The summed E-state index contributed by atoms with van der Waals surface area (Å²) >= 11 is 12.3. The van der Waals surface area contributed by atoms with Crippen molar-refractivity contribution in [3.63, 3.8) is 0 Å². The number of rotatable bonds is 8. The van der Waals surface area contributed by atoms with Crippen molar-refractivity contribution < 1.29 is 9.84 Å². The lowest BCUT2D eigenvalue weighted by Crippen LogP contribution is -2.26. The first-order chi connectivity index (χ1) is 11.9. The molecule has 0 radical (unpaired) electrons. The lowest BCUT2D eigenvalue weighted by atomic mass is 10.1. The van der Waals surface area contributed by atoms with Crippen molar-refractivity contribution in [3.8, 4) is 5.75 Å². The van der Waals surface area contributed by atoms with E-state index in [9.17, 15) is 9.90 Å². The van der Waals surface area contributed by atoms with Gasteiger partial charge in [0.25, 0.3) is 5.56 Å². The van der Waals surface area contributed by atoms with Crippen LogP contribution in [0.15, 0.2) is 16.9 Å². The molecule has 0 unspecified atom stereocenters. The van der Waals surface area contributed by atoms with Crippen molar-refractivity contribution >= 4 is 34.0 Å². The number of hydrogen-bond donors (Lipinski definition) is 1. The summed E-state index contributed by atoms with van der Waals surface area (Å²) < 4.78 is 7.56. The van der Waals surface area contributed by atoms with E-state index in [1.807, 2.05) is 0 Å². The minimum absolute atomic E-state index is 0.180. The summed E-state index contributed by atoms with van der Waals surface area (Å²) in [5.41, 5.74) is 0.314. The Labute approximate surface area is 158 Å². The number of pyridine rings is 1. The smallest absolute Gasteiger partial charge is 0.259 e. The Hall–Kier alpha value is -1.23.